The zero-order valence-electron chi connectivity index (χ0n) is 17.6. The Balaban J connectivity index is 1.46. The van der Waals surface area contributed by atoms with Gasteiger partial charge >= 0.3 is 0 Å². The second kappa shape index (κ2) is 8.49. The van der Waals surface area contributed by atoms with E-state index in [4.69, 9.17) is 0 Å². The Morgan fingerprint density at radius 1 is 0.710 bits per heavy atom. The topological polar surface area (TPSA) is 29.3 Å². The summed E-state index contributed by atoms with van der Waals surface area (Å²) in [6, 6.07) is 32.2. The summed E-state index contributed by atoms with van der Waals surface area (Å²) in [6.07, 6.45) is 6.23. The van der Waals surface area contributed by atoms with Gasteiger partial charge in [-0.3, -0.25) is 4.40 Å². The van der Waals surface area contributed by atoms with E-state index >= 15 is 0 Å². The number of fused-ring (bicyclic) bond motifs is 1. The number of hydrogen-bond acceptors (Lipinski definition) is 2. The molecule has 0 aliphatic carbocycles. The predicted octanol–water partition coefficient (Wildman–Crippen LogP) is 6.50. The third kappa shape index (κ3) is 4.08. The van der Waals surface area contributed by atoms with E-state index < -0.39 is 0 Å². The van der Waals surface area contributed by atoms with E-state index in [2.05, 4.69) is 112 Å². The van der Waals surface area contributed by atoms with Gasteiger partial charge in [0.15, 0.2) is 0 Å². The molecule has 3 aromatic carbocycles. The standard InChI is InChI=1S/C28H25N3/c1-29-26-12-6-11-24(18-26)27-19-30-28-16-15-25(20-31(27)28)23-10-5-9-22(17-23)14-13-21-7-3-2-4-8-21/h2-12,15-20,29H,13-14H2,1H3. The van der Waals surface area contributed by atoms with Gasteiger partial charge in [0.05, 0.1) is 11.9 Å². The Labute approximate surface area is 183 Å². The van der Waals surface area contributed by atoms with Crippen molar-refractivity contribution in [3.8, 4) is 22.4 Å². The largest absolute Gasteiger partial charge is 0.388 e. The van der Waals surface area contributed by atoms with Crippen molar-refractivity contribution in [2.24, 2.45) is 0 Å². The SMILES string of the molecule is CNc1cccc(-c2cnc3ccc(-c4cccc(CCc5ccccc5)c4)cn23)c1. The van der Waals surface area contributed by atoms with Gasteiger partial charge in [-0.2, -0.15) is 0 Å². The third-order valence-corrected chi connectivity index (χ3v) is 5.76. The molecule has 0 atom stereocenters. The van der Waals surface area contributed by atoms with Crippen molar-refractivity contribution in [1.29, 1.82) is 0 Å². The van der Waals surface area contributed by atoms with Gasteiger partial charge in [-0.1, -0.05) is 66.7 Å². The summed E-state index contributed by atoms with van der Waals surface area (Å²) in [5, 5.41) is 3.21. The lowest BCUT2D eigenvalue weighted by Gasteiger charge is -2.09. The number of hydrogen-bond donors (Lipinski definition) is 1. The summed E-state index contributed by atoms with van der Waals surface area (Å²) in [5.74, 6) is 0. The molecule has 0 spiro atoms. The molecular formula is C28H25N3. The van der Waals surface area contributed by atoms with Crippen LogP contribution in [-0.4, -0.2) is 16.4 Å². The van der Waals surface area contributed by atoms with Crippen LogP contribution in [0.2, 0.25) is 0 Å². The van der Waals surface area contributed by atoms with Gasteiger partial charge in [0.25, 0.3) is 0 Å². The lowest BCUT2D eigenvalue weighted by atomic mass is 10.00. The molecule has 0 saturated carbocycles. The van der Waals surface area contributed by atoms with Crippen LogP contribution in [0.15, 0.2) is 103 Å². The number of benzene rings is 3. The molecule has 0 amide bonds. The van der Waals surface area contributed by atoms with Crippen molar-refractivity contribution in [1.82, 2.24) is 9.38 Å². The molecule has 1 N–H and O–H groups in total. The average molecular weight is 404 g/mol. The van der Waals surface area contributed by atoms with E-state index in [1.807, 2.05) is 13.2 Å². The first kappa shape index (κ1) is 19.1. The fourth-order valence-electron chi connectivity index (χ4n) is 4.04. The number of anilines is 1. The smallest absolute Gasteiger partial charge is 0.137 e. The maximum atomic E-state index is 4.61. The van der Waals surface area contributed by atoms with Crippen molar-refractivity contribution in [2.45, 2.75) is 12.8 Å². The Bertz CT molecular complexity index is 1320. The lowest BCUT2D eigenvalue weighted by molar-refractivity contribution is 0.961. The molecule has 2 heterocycles. The van der Waals surface area contributed by atoms with Gasteiger partial charge < -0.3 is 5.32 Å². The molecule has 2 aromatic heterocycles. The van der Waals surface area contributed by atoms with Crippen LogP contribution in [0.1, 0.15) is 11.1 Å². The van der Waals surface area contributed by atoms with E-state index in [9.17, 15) is 0 Å². The first-order valence-electron chi connectivity index (χ1n) is 10.7. The highest BCUT2D eigenvalue weighted by molar-refractivity contribution is 5.71. The molecule has 31 heavy (non-hydrogen) atoms. The third-order valence-electron chi connectivity index (χ3n) is 5.76. The quantitative estimate of drug-likeness (QED) is 0.351. The summed E-state index contributed by atoms with van der Waals surface area (Å²) in [7, 11) is 1.94. The molecule has 5 aromatic rings. The molecule has 3 nitrogen and oxygen atoms in total. The van der Waals surface area contributed by atoms with Crippen molar-refractivity contribution in [3.05, 3.63) is 115 Å². The highest BCUT2D eigenvalue weighted by atomic mass is 15.0. The molecule has 0 bridgehead atoms. The van der Waals surface area contributed by atoms with E-state index in [0.717, 1.165) is 35.4 Å². The number of nitrogens with zero attached hydrogens (tertiary/aromatic N) is 2. The molecule has 5 rings (SSSR count). The van der Waals surface area contributed by atoms with Gasteiger partial charge in [-0.15, -0.1) is 0 Å². The minimum atomic E-state index is 0.953. The molecule has 0 saturated heterocycles. The number of aromatic nitrogens is 2. The van der Waals surface area contributed by atoms with Crippen LogP contribution in [0.4, 0.5) is 5.69 Å². The van der Waals surface area contributed by atoms with Crippen LogP contribution in [0.5, 0.6) is 0 Å². The molecule has 0 unspecified atom stereocenters. The minimum Gasteiger partial charge on any atom is -0.388 e. The fourth-order valence-corrected chi connectivity index (χ4v) is 4.04. The Morgan fingerprint density at radius 3 is 2.35 bits per heavy atom. The second-order valence-corrected chi connectivity index (χ2v) is 7.81. The van der Waals surface area contributed by atoms with Gasteiger partial charge in [-0.25, -0.2) is 4.98 Å². The maximum absolute atomic E-state index is 4.61. The van der Waals surface area contributed by atoms with Crippen LogP contribution in [0, 0.1) is 0 Å². The summed E-state index contributed by atoms with van der Waals surface area (Å²) >= 11 is 0. The van der Waals surface area contributed by atoms with Crippen molar-refractivity contribution >= 4 is 11.3 Å². The van der Waals surface area contributed by atoms with Gasteiger partial charge in [0.1, 0.15) is 5.65 Å². The number of pyridine rings is 1. The fraction of sp³-hybridized carbons (Fsp3) is 0.107. The zero-order chi connectivity index (χ0) is 21.0. The van der Waals surface area contributed by atoms with Crippen LogP contribution in [0.25, 0.3) is 28.0 Å². The van der Waals surface area contributed by atoms with E-state index in [1.165, 1.54) is 22.3 Å². The molecule has 0 radical (unpaired) electrons. The summed E-state index contributed by atoms with van der Waals surface area (Å²) in [5.41, 5.74) is 9.44. The van der Waals surface area contributed by atoms with Crippen LogP contribution < -0.4 is 5.32 Å². The summed E-state index contributed by atoms with van der Waals surface area (Å²) in [6.45, 7) is 0. The van der Waals surface area contributed by atoms with E-state index in [-0.39, 0.29) is 0 Å². The Kier molecular flexibility index (Phi) is 5.24. The number of aryl methyl sites for hydroxylation is 2. The molecule has 0 aliphatic rings. The lowest BCUT2D eigenvalue weighted by Crippen LogP contribution is -1.93. The van der Waals surface area contributed by atoms with Crippen LogP contribution in [-0.2, 0) is 12.8 Å². The van der Waals surface area contributed by atoms with Crippen molar-refractivity contribution in [3.63, 3.8) is 0 Å². The molecule has 0 fully saturated rings. The van der Waals surface area contributed by atoms with Crippen LogP contribution in [0.3, 0.4) is 0 Å². The number of rotatable bonds is 6. The highest BCUT2D eigenvalue weighted by Crippen LogP contribution is 2.27. The first-order chi connectivity index (χ1) is 15.3. The molecule has 152 valence electrons. The van der Waals surface area contributed by atoms with Gasteiger partial charge in [0, 0.05) is 24.5 Å². The molecule has 3 heteroatoms. The molecule has 0 aliphatic heterocycles. The van der Waals surface area contributed by atoms with E-state index in [0.29, 0.717) is 0 Å². The Hall–Kier alpha value is -3.85. The van der Waals surface area contributed by atoms with E-state index in [1.54, 1.807) is 0 Å². The predicted molar refractivity (Wildman–Crippen MR) is 129 cm³/mol. The summed E-state index contributed by atoms with van der Waals surface area (Å²) in [4.78, 5) is 4.61. The van der Waals surface area contributed by atoms with Gasteiger partial charge in [0.2, 0.25) is 0 Å². The minimum absolute atomic E-state index is 0.953. The van der Waals surface area contributed by atoms with Crippen molar-refractivity contribution in [2.75, 3.05) is 12.4 Å². The highest BCUT2D eigenvalue weighted by Gasteiger charge is 2.09. The molecular weight excluding hydrogens is 378 g/mol. The van der Waals surface area contributed by atoms with Crippen LogP contribution >= 0.6 is 0 Å². The number of nitrogens with one attached hydrogen (secondary N) is 1. The summed E-state index contributed by atoms with van der Waals surface area (Å²) < 4.78 is 2.18. The van der Waals surface area contributed by atoms with Gasteiger partial charge in [-0.05, 0) is 59.4 Å². The number of imidazole rings is 1. The first-order valence-corrected chi connectivity index (χ1v) is 10.7. The average Bonchev–Trinajstić information content (AvgIpc) is 3.27. The second-order valence-electron chi connectivity index (χ2n) is 7.81. The monoisotopic (exact) mass is 403 g/mol. The van der Waals surface area contributed by atoms with Crippen molar-refractivity contribution < 1.29 is 0 Å². The Morgan fingerprint density at radius 2 is 1.48 bits per heavy atom. The normalized spacial score (nSPS) is 11.0. The zero-order valence-corrected chi connectivity index (χ0v) is 17.6. The maximum Gasteiger partial charge on any atom is 0.137 e.